The van der Waals surface area contributed by atoms with Crippen molar-refractivity contribution in [3.8, 4) is 5.75 Å². The summed E-state index contributed by atoms with van der Waals surface area (Å²) in [4.78, 5) is 36.7. The predicted molar refractivity (Wildman–Crippen MR) is 87.7 cm³/mol. The topological polar surface area (TPSA) is 110 Å². The molecule has 1 heterocycles. The number of nitro groups is 1. The summed E-state index contributed by atoms with van der Waals surface area (Å²) in [5.74, 6) is -1.84. The number of hydrogen-bond acceptors (Lipinski definition) is 6. The summed E-state index contributed by atoms with van der Waals surface area (Å²) >= 11 is 1.31. The fourth-order valence-corrected chi connectivity index (χ4v) is 3.48. The summed E-state index contributed by atoms with van der Waals surface area (Å²) in [7, 11) is 1.40. The Morgan fingerprint density at radius 2 is 2.12 bits per heavy atom. The van der Waals surface area contributed by atoms with Gasteiger partial charge in [0.1, 0.15) is 11.3 Å². The third-order valence-electron chi connectivity index (χ3n) is 4.26. The molecule has 0 radical (unpaired) electrons. The van der Waals surface area contributed by atoms with Gasteiger partial charge in [0.2, 0.25) is 0 Å². The number of methoxy groups -OCH3 is 1. The molecule has 0 bridgehead atoms. The van der Waals surface area contributed by atoms with Gasteiger partial charge in [-0.3, -0.25) is 19.7 Å². The first-order valence-corrected chi connectivity index (χ1v) is 8.48. The Morgan fingerprint density at radius 1 is 1.46 bits per heavy atom. The van der Waals surface area contributed by atoms with Crippen LogP contribution in [0, 0.1) is 16.0 Å². The molecule has 1 aromatic carbocycles. The van der Waals surface area contributed by atoms with Crippen LogP contribution in [-0.4, -0.2) is 52.8 Å². The predicted octanol–water partition coefficient (Wildman–Crippen LogP) is 2.26. The van der Waals surface area contributed by atoms with E-state index in [0.29, 0.717) is 17.1 Å². The van der Waals surface area contributed by atoms with E-state index in [4.69, 9.17) is 4.74 Å². The lowest BCUT2D eigenvalue weighted by Gasteiger charge is -2.23. The van der Waals surface area contributed by atoms with Crippen LogP contribution in [0.4, 0.5) is 5.69 Å². The van der Waals surface area contributed by atoms with Crippen LogP contribution in [0.15, 0.2) is 17.0 Å². The molecule has 0 spiro atoms. The number of hydrogen-bond donors (Lipinski definition) is 1. The fraction of sp³-hybridized carbons (Fsp3) is 0.467. The lowest BCUT2D eigenvalue weighted by atomic mass is 10.0. The number of carbonyl (C=O) groups is 2. The van der Waals surface area contributed by atoms with Gasteiger partial charge >= 0.3 is 5.97 Å². The van der Waals surface area contributed by atoms with E-state index < -0.39 is 28.8 Å². The third-order valence-corrected chi connectivity index (χ3v) is 5.02. The quantitative estimate of drug-likeness (QED) is 0.490. The molecule has 2 unspecified atom stereocenters. The monoisotopic (exact) mass is 354 g/mol. The molecular formula is C15H18N2O6S. The van der Waals surface area contributed by atoms with Gasteiger partial charge < -0.3 is 14.7 Å². The number of thioether (sulfide) groups is 1. The van der Waals surface area contributed by atoms with Gasteiger partial charge in [0.05, 0.1) is 28.9 Å². The van der Waals surface area contributed by atoms with E-state index in [1.165, 1.54) is 35.9 Å². The van der Waals surface area contributed by atoms with Crippen molar-refractivity contribution < 1.29 is 24.4 Å². The zero-order valence-corrected chi connectivity index (χ0v) is 14.3. The number of nitro benzene ring substituents is 1. The summed E-state index contributed by atoms with van der Waals surface area (Å²) in [5.41, 5.74) is -0.399. The van der Waals surface area contributed by atoms with Crippen molar-refractivity contribution in [3.05, 3.63) is 27.8 Å². The Kier molecular flexibility index (Phi) is 5.33. The number of carbonyl (C=O) groups excluding carboxylic acids is 1. The van der Waals surface area contributed by atoms with Crippen LogP contribution in [0.2, 0.25) is 0 Å². The van der Waals surface area contributed by atoms with Gasteiger partial charge in [0.25, 0.3) is 11.6 Å². The SMILES string of the molecule is COc1cc([N+](=O)[O-])c(C(=O)N2CCC(C(=O)O)C2C)cc1SC. The number of rotatable bonds is 5. The van der Waals surface area contributed by atoms with Crippen molar-refractivity contribution >= 4 is 29.3 Å². The van der Waals surface area contributed by atoms with E-state index >= 15 is 0 Å². The van der Waals surface area contributed by atoms with Crippen LogP contribution in [0.5, 0.6) is 5.75 Å². The molecule has 8 nitrogen and oxygen atoms in total. The summed E-state index contributed by atoms with van der Waals surface area (Å²) in [6.07, 6.45) is 2.11. The Balaban J connectivity index is 2.45. The van der Waals surface area contributed by atoms with Crippen LogP contribution in [-0.2, 0) is 4.79 Å². The molecule has 1 N–H and O–H groups in total. The highest BCUT2D eigenvalue weighted by atomic mass is 32.2. The minimum absolute atomic E-state index is 0.0527. The Labute approximate surface area is 142 Å². The maximum atomic E-state index is 12.8. The van der Waals surface area contributed by atoms with E-state index in [0.717, 1.165) is 0 Å². The van der Waals surface area contributed by atoms with Crippen LogP contribution >= 0.6 is 11.8 Å². The second kappa shape index (κ2) is 7.08. The number of benzene rings is 1. The highest BCUT2D eigenvalue weighted by Crippen LogP contribution is 2.36. The molecule has 0 saturated carbocycles. The highest BCUT2D eigenvalue weighted by Gasteiger charge is 2.40. The first-order valence-electron chi connectivity index (χ1n) is 7.26. The Bertz CT molecular complexity index is 693. The minimum Gasteiger partial charge on any atom is -0.495 e. The highest BCUT2D eigenvalue weighted by molar-refractivity contribution is 7.98. The smallest absolute Gasteiger partial charge is 0.308 e. The van der Waals surface area contributed by atoms with E-state index in [9.17, 15) is 24.8 Å². The lowest BCUT2D eigenvalue weighted by molar-refractivity contribution is -0.385. The Hall–Kier alpha value is -2.29. The van der Waals surface area contributed by atoms with Gasteiger partial charge in [0.15, 0.2) is 0 Å². The molecule has 2 atom stereocenters. The maximum absolute atomic E-state index is 12.8. The number of amides is 1. The fourth-order valence-electron chi connectivity index (χ4n) is 2.90. The van der Waals surface area contributed by atoms with Gasteiger partial charge in [-0.1, -0.05) is 0 Å². The average molecular weight is 354 g/mol. The zero-order chi connectivity index (χ0) is 18.0. The van der Waals surface area contributed by atoms with Gasteiger partial charge in [-0.25, -0.2) is 0 Å². The summed E-state index contributed by atoms with van der Waals surface area (Å²) in [6, 6.07) is 2.15. The molecule has 1 aliphatic heterocycles. The Morgan fingerprint density at radius 3 is 2.58 bits per heavy atom. The molecular weight excluding hydrogens is 336 g/mol. The van der Waals surface area contributed by atoms with Gasteiger partial charge in [-0.15, -0.1) is 11.8 Å². The first kappa shape index (κ1) is 18.1. The molecule has 130 valence electrons. The number of carboxylic acid groups (broad SMARTS) is 1. The number of likely N-dealkylation sites (tertiary alicyclic amines) is 1. The minimum atomic E-state index is -0.966. The molecule has 1 aromatic rings. The van der Waals surface area contributed by atoms with Gasteiger partial charge in [0, 0.05) is 12.6 Å². The van der Waals surface area contributed by atoms with Crippen molar-refractivity contribution in [2.24, 2.45) is 5.92 Å². The molecule has 1 saturated heterocycles. The molecule has 0 aromatic heterocycles. The summed E-state index contributed by atoms with van der Waals surface area (Å²) in [5, 5.41) is 20.5. The summed E-state index contributed by atoms with van der Waals surface area (Å²) in [6.45, 7) is 1.91. The standard InChI is InChI=1S/C15H18N2O6S/c1-8-9(15(19)20)4-5-16(8)14(18)10-6-13(24-3)12(23-2)7-11(10)17(21)22/h6-9H,4-5H2,1-3H3,(H,19,20). The van der Waals surface area contributed by atoms with Crippen molar-refractivity contribution in [1.29, 1.82) is 0 Å². The molecule has 9 heteroatoms. The van der Waals surface area contributed by atoms with Crippen molar-refractivity contribution in [2.75, 3.05) is 19.9 Å². The number of ether oxygens (including phenoxy) is 1. The van der Waals surface area contributed by atoms with Crippen LogP contribution in [0.1, 0.15) is 23.7 Å². The van der Waals surface area contributed by atoms with E-state index in [-0.39, 0.29) is 17.8 Å². The average Bonchev–Trinajstić information content (AvgIpc) is 2.94. The number of carboxylic acids is 1. The molecule has 1 fully saturated rings. The summed E-state index contributed by atoms with van der Waals surface area (Å²) < 4.78 is 5.13. The zero-order valence-electron chi connectivity index (χ0n) is 13.5. The van der Waals surface area contributed by atoms with Crippen LogP contribution in [0.3, 0.4) is 0 Å². The van der Waals surface area contributed by atoms with E-state index in [1.54, 1.807) is 13.2 Å². The third kappa shape index (κ3) is 3.16. The molecule has 1 aliphatic rings. The van der Waals surface area contributed by atoms with Crippen LogP contribution < -0.4 is 4.74 Å². The van der Waals surface area contributed by atoms with Gasteiger partial charge in [-0.2, -0.15) is 0 Å². The number of aliphatic carboxylic acids is 1. The molecule has 0 aliphatic carbocycles. The largest absolute Gasteiger partial charge is 0.495 e. The second-order valence-corrected chi connectivity index (χ2v) is 6.30. The normalized spacial score (nSPS) is 20.0. The molecule has 2 rings (SSSR count). The van der Waals surface area contributed by atoms with Crippen molar-refractivity contribution in [2.45, 2.75) is 24.3 Å². The molecule has 1 amide bonds. The van der Waals surface area contributed by atoms with Crippen LogP contribution in [0.25, 0.3) is 0 Å². The van der Waals surface area contributed by atoms with Crippen molar-refractivity contribution in [3.63, 3.8) is 0 Å². The second-order valence-electron chi connectivity index (χ2n) is 5.45. The lowest BCUT2D eigenvalue weighted by Crippen LogP contribution is -2.38. The van der Waals surface area contributed by atoms with Gasteiger partial charge in [-0.05, 0) is 25.7 Å². The van der Waals surface area contributed by atoms with E-state index in [2.05, 4.69) is 0 Å². The number of nitrogens with zero attached hydrogens (tertiary/aromatic N) is 2. The van der Waals surface area contributed by atoms with Crippen molar-refractivity contribution in [1.82, 2.24) is 4.90 Å². The van der Waals surface area contributed by atoms with E-state index in [1.807, 2.05) is 0 Å². The molecule has 24 heavy (non-hydrogen) atoms. The first-order chi connectivity index (χ1) is 11.3. The maximum Gasteiger partial charge on any atom is 0.308 e.